The predicted molar refractivity (Wildman–Crippen MR) is 93.7 cm³/mol. The van der Waals surface area contributed by atoms with Crippen LogP contribution in [0.25, 0.3) is 0 Å². The zero-order valence-corrected chi connectivity index (χ0v) is 13.9. The first-order chi connectivity index (χ1) is 11.7. The summed E-state index contributed by atoms with van der Waals surface area (Å²) in [4.78, 5) is 24.7. The number of rotatable bonds is 8. The maximum Gasteiger partial charge on any atom is 0.328 e. The lowest BCUT2D eigenvalue weighted by atomic mass is 10.1. The van der Waals surface area contributed by atoms with E-state index in [-0.39, 0.29) is 5.91 Å². The molecule has 0 fully saturated rings. The molecule has 1 N–H and O–H groups in total. The zero-order chi connectivity index (χ0) is 17.2. The van der Waals surface area contributed by atoms with Crippen LogP contribution in [0.1, 0.15) is 35.7 Å². The molecule has 0 bridgehead atoms. The second-order valence-corrected chi connectivity index (χ2v) is 5.60. The van der Waals surface area contributed by atoms with Gasteiger partial charge in [-0.3, -0.25) is 4.79 Å². The first-order valence-electron chi connectivity index (χ1n) is 8.27. The van der Waals surface area contributed by atoms with Crippen molar-refractivity contribution in [2.24, 2.45) is 0 Å². The number of hydrogen-bond acceptors (Lipinski definition) is 3. The van der Waals surface area contributed by atoms with Gasteiger partial charge in [-0.1, -0.05) is 61.9 Å². The molecule has 2 rings (SSSR count). The molecule has 4 heteroatoms. The molecule has 0 radical (unpaired) electrons. The van der Waals surface area contributed by atoms with Crippen LogP contribution < -0.4 is 5.32 Å². The van der Waals surface area contributed by atoms with Gasteiger partial charge in [0, 0.05) is 12.0 Å². The fourth-order valence-corrected chi connectivity index (χ4v) is 2.29. The minimum absolute atomic E-state index is 0.274. The fraction of sp³-hybridized carbons (Fsp3) is 0.300. The zero-order valence-electron chi connectivity index (χ0n) is 13.9. The van der Waals surface area contributed by atoms with Crippen LogP contribution in [-0.4, -0.2) is 24.5 Å². The Morgan fingerprint density at radius 3 is 2.25 bits per heavy atom. The van der Waals surface area contributed by atoms with Crippen LogP contribution in [0.5, 0.6) is 0 Å². The van der Waals surface area contributed by atoms with Gasteiger partial charge in [0.25, 0.3) is 5.91 Å². The van der Waals surface area contributed by atoms with Crippen LogP contribution >= 0.6 is 0 Å². The first-order valence-corrected chi connectivity index (χ1v) is 8.27. The van der Waals surface area contributed by atoms with Gasteiger partial charge in [-0.25, -0.2) is 4.79 Å². The lowest BCUT2D eigenvalue weighted by Gasteiger charge is -2.18. The Balaban J connectivity index is 2.06. The van der Waals surface area contributed by atoms with Gasteiger partial charge >= 0.3 is 5.97 Å². The number of amides is 1. The summed E-state index contributed by atoms with van der Waals surface area (Å²) in [5.74, 6) is -0.666. The summed E-state index contributed by atoms with van der Waals surface area (Å²) in [5.41, 5.74) is 1.50. The topological polar surface area (TPSA) is 55.4 Å². The summed E-state index contributed by atoms with van der Waals surface area (Å²) in [6, 6.07) is 17.8. The van der Waals surface area contributed by atoms with E-state index in [9.17, 15) is 9.59 Å². The van der Waals surface area contributed by atoms with Crippen LogP contribution in [0.15, 0.2) is 60.7 Å². The standard InChI is InChI=1S/C20H23NO3/c1-2-3-14-24-20(23)18(15-16-10-6-4-7-11-16)21-19(22)17-12-8-5-9-13-17/h4-13,18H,2-3,14-15H2,1H3,(H,21,22). The Morgan fingerprint density at radius 2 is 1.62 bits per heavy atom. The van der Waals surface area contributed by atoms with Crippen molar-refractivity contribution >= 4 is 11.9 Å². The minimum Gasteiger partial charge on any atom is -0.464 e. The van der Waals surface area contributed by atoms with Crippen molar-refractivity contribution in [1.82, 2.24) is 5.32 Å². The molecule has 1 unspecified atom stereocenters. The fourth-order valence-electron chi connectivity index (χ4n) is 2.29. The van der Waals surface area contributed by atoms with E-state index in [0.29, 0.717) is 18.6 Å². The molecule has 4 nitrogen and oxygen atoms in total. The van der Waals surface area contributed by atoms with E-state index in [1.807, 2.05) is 43.3 Å². The summed E-state index contributed by atoms with van der Waals surface area (Å²) >= 11 is 0. The highest BCUT2D eigenvalue weighted by atomic mass is 16.5. The second kappa shape index (κ2) is 9.50. The van der Waals surface area contributed by atoms with Gasteiger partial charge in [-0.05, 0) is 24.1 Å². The van der Waals surface area contributed by atoms with Gasteiger partial charge in [0.15, 0.2) is 0 Å². The van der Waals surface area contributed by atoms with Gasteiger partial charge in [0.1, 0.15) is 6.04 Å². The van der Waals surface area contributed by atoms with Crippen molar-refractivity contribution in [3.05, 3.63) is 71.8 Å². The Hall–Kier alpha value is -2.62. The molecule has 1 amide bonds. The van der Waals surface area contributed by atoms with Gasteiger partial charge in [-0.2, -0.15) is 0 Å². The number of nitrogens with one attached hydrogen (secondary N) is 1. The first kappa shape index (κ1) is 17.7. The number of ether oxygens (including phenoxy) is 1. The summed E-state index contributed by atoms with van der Waals surface area (Å²) in [7, 11) is 0. The number of carbonyl (C=O) groups excluding carboxylic acids is 2. The van der Waals surface area contributed by atoms with E-state index in [0.717, 1.165) is 18.4 Å². The Morgan fingerprint density at radius 1 is 1.00 bits per heavy atom. The predicted octanol–water partition coefficient (Wildman–Crippen LogP) is 3.37. The number of esters is 1. The highest BCUT2D eigenvalue weighted by molar-refractivity contribution is 5.96. The van der Waals surface area contributed by atoms with Crippen molar-refractivity contribution in [1.29, 1.82) is 0 Å². The largest absolute Gasteiger partial charge is 0.464 e. The lowest BCUT2D eigenvalue weighted by Crippen LogP contribution is -2.43. The maximum absolute atomic E-state index is 12.4. The Kier molecular flexibility index (Phi) is 7.02. The van der Waals surface area contributed by atoms with Crippen molar-refractivity contribution in [2.75, 3.05) is 6.61 Å². The quantitative estimate of drug-likeness (QED) is 0.598. The molecule has 0 spiro atoms. The Labute approximate surface area is 142 Å². The van der Waals surface area contributed by atoms with E-state index >= 15 is 0 Å². The minimum atomic E-state index is -0.697. The molecule has 0 aliphatic rings. The van der Waals surface area contributed by atoms with Crippen LogP contribution in [0, 0.1) is 0 Å². The van der Waals surface area contributed by atoms with E-state index in [2.05, 4.69) is 5.32 Å². The number of hydrogen-bond donors (Lipinski definition) is 1. The summed E-state index contributed by atoms with van der Waals surface area (Å²) in [5, 5.41) is 2.79. The average molecular weight is 325 g/mol. The molecule has 0 aliphatic heterocycles. The van der Waals surface area contributed by atoms with Crippen LogP contribution in [0.3, 0.4) is 0 Å². The van der Waals surface area contributed by atoms with Crippen LogP contribution in [0.2, 0.25) is 0 Å². The molecule has 0 saturated carbocycles. The molecule has 0 aromatic heterocycles. The number of carbonyl (C=O) groups is 2. The monoisotopic (exact) mass is 325 g/mol. The average Bonchev–Trinajstić information content (AvgIpc) is 2.63. The third-order valence-corrected chi connectivity index (χ3v) is 3.65. The molecule has 24 heavy (non-hydrogen) atoms. The number of benzene rings is 2. The lowest BCUT2D eigenvalue weighted by molar-refractivity contribution is -0.146. The Bertz CT molecular complexity index is 640. The molecule has 126 valence electrons. The van der Waals surface area contributed by atoms with E-state index in [1.165, 1.54) is 0 Å². The smallest absolute Gasteiger partial charge is 0.328 e. The molecule has 0 heterocycles. The van der Waals surface area contributed by atoms with Crippen molar-refractivity contribution in [3.8, 4) is 0 Å². The second-order valence-electron chi connectivity index (χ2n) is 5.60. The highest BCUT2D eigenvalue weighted by Crippen LogP contribution is 2.07. The summed E-state index contributed by atoms with van der Waals surface area (Å²) < 4.78 is 5.30. The van der Waals surface area contributed by atoms with Crippen molar-refractivity contribution in [3.63, 3.8) is 0 Å². The molecule has 0 saturated heterocycles. The molecule has 1 atom stereocenters. The van der Waals surface area contributed by atoms with Gasteiger partial charge in [-0.15, -0.1) is 0 Å². The maximum atomic E-state index is 12.4. The van der Waals surface area contributed by atoms with E-state index in [1.54, 1.807) is 24.3 Å². The van der Waals surface area contributed by atoms with Crippen LogP contribution in [0.4, 0.5) is 0 Å². The molecular weight excluding hydrogens is 302 g/mol. The van der Waals surface area contributed by atoms with Gasteiger partial charge < -0.3 is 10.1 Å². The van der Waals surface area contributed by atoms with Crippen molar-refractivity contribution in [2.45, 2.75) is 32.2 Å². The summed E-state index contributed by atoms with van der Waals surface area (Å²) in [6.45, 7) is 2.41. The third-order valence-electron chi connectivity index (χ3n) is 3.65. The van der Waals surface area contributed by atoms with Crippen LogP contribution in [-0.2, 0) is 16.0 Å². The van der Waals surface area contributed by atoms with E-state index in [4.69, 9.17) is 4.74 Å². The third kappa shape index (κ3) is 5.54. The molecular formula is C20H23NO3. The van der Waals surface area contributed by atoms with E-state index < -0.39 is 12.0 Å². The van der Waals surface area contributed by atoms with Gasteiger partial charge in [0.05, 0.1) is 6.61 Å². The number of unbranched alkanes of at least 4 members (excludes halogenated alkanes) is 1. The SMILES string of the molecule is CCCCOC(=O)C(Cc1ccccc1)NC(=O)c1ccccc1. The van der Waals surface area contributed by atoms with Gasteiger partial charge in [0.2, 0.25) is 0 Å². The molecule has 2 aromatic rings. The highest BCUT2D eigenvalue weighted by Gasteiger charge is 2.23. The van der Waals surface area contributed by atoms with Crippen molar-refractivity contribution < 1.29 is 14.3 Å². The summed E-state index contributed by atoms with van der Waals surface area (Å²) in [6.07, 6.45) is 2.17. The molecule has 0 aliphatic carbocycles. The molecule has 2 aromatic carbocycles. The normalized spacial score (nSPS) is 11.5.